The Labute approximate surface area is 80.1 Å². The Morgan fingerprint density at radius 3 is 2.69 bits per heavy atom. The third-order valence-corrected chi connectivity index (χ3v) is 2.73. The predicted molar refractivity (Wildman–Crippen MR) is 51.2 cm³/mol. The first-order chi connectivity index (χ1) is 6.16. The first kappa shape index (κ1) is 10.5. The van der Waals surface area contributed by atoms with Crippen LogP contribution in [0, 0.1) is 16.7 Å². The Morgan fingerprint density at radius 2 is 2.15 bits per heavy atom. The van der Waals surface area contributed by atoms with Crippen molar-refractivity contribution in [2.45, 2.75) is 32.7 Å². The van der Waals surface area contributed by atoms with Crippen LogP contribution in [0.4, 0.5) is 0 Å². The van der Waals surface area contributed by atoms with Gasteiger partial charge in [-0.2, -0.15) is 5.26 Å². The van der Waals surface area contributed by atoms with E-state index in [0.717, 1.165) is 32.6 Å². The van der Waals surface area contributed by atoms with Crippen molar-refractivity contribution in [2.75, 3.05) is 19.8 Å². The minimum absolute atomic E-state index is 0.0420. The molecule has 1 N–H and O–H groups in total. The topological polar surface area (TPSA) is 45.0 Å². The van der Waals surface area contributed by atoms with Crippen LogP contribution >= 0.6 is 0 Å². The third kappa shape index (κ3) is 3.33. The summed E-state index contributed by atoms with van der Waals surface area (Å²) in [6, 6.07) is 2.14. The van der Waals surface area contributed by atoms with E-state index in [1.165, 1.54) is 0 Å². The van der Waals surface area contributed by atoms with E-state index in [1.807, 2.05) is 6.92 Å². The highest BCUT2D eigenvalue weighted by molar-refractivity contribution is 4.88. The summed E-state index contributed by atoms with van der Waals surface area (Å²) < 4.78 is 5.31. The third-order valence-electron chi connectivity index (χ3n) is 2.73. The highest BCUT2D eigenvalue weighted by Gasteiger charge is 2.27. The lowest BCUT2D eigenvalue weighted by Crippen LogP contribution is -2.39. The molecule has 0 aliphatic carbocycles. The zero-order chi connectivity index (χ0) is 9.73. The van der Waals surface area contributed by atoms with E-state index in [2.05, 4.69) is 18.3 Å². The Balaban J connectivity index is 2.29. The largest absolute Gasteiger partial charge is 0.381 e. The fourth-order valence-corrected chi connectivity index (χ4v) is 1.49. The van der Waals surface area contributed by atoms with E-state index >= 15 is 0 Å². The van der Waals surface area contributed by atoms with Gasteiger partial charge < -0.3 is 10.1 Å². The molecule has 0 radical (unpaired) electrons. The van der Waals surface area contributed by atoms with Crippen molar-refractivity contribution in [3.8, 4) is 6.07 Å². The van der Waals surface area contributed by atoms with Crippen LogP contribution in [0.25, 0.3) is 0 Å². The predicted octanol–water partition coefficient (Wildman–Crippen LogP) is 1.30. The molecule has 1 aliphatic rings. The second kappa shape index (κ2) is 4.59. The first-order valence-corrected chi connectivity index (χ1v) is 4.87. The van der Waals surface area contributed by atoms with Gasteiger partial charge in [0.1, 0.15) is 0 Å². The Bertz CT molecular complexity index is 192. The zero-order valence-corrected chi connectivity index (χ0v) is 8.47. The second-order valence-electron chi connectivity index (χ2n) is 4.15. The van der Waals surface area contributed by atoms with Crippen molar-refractivity contribution < 1.29 is 4.74 Å². The molecule has 3 nitrogen and oxygen atoms in total. The van der Waals surface area contributed by atoms with Gasteiger partial charge in [-0.25, -0.2) is 0 Å². The average Bonchev–Trinajstić information content (AvgIpc) is 2.15. The monoisotopic (exact) mass is 182 g/mol. The van der Waals surface area contributed by atoms with Crippen molar-refractivity contribution in [1.29, 1.82) is 5.26 Å². The lowest BCUT2D eigenvalue weighted by molar-refractivity contribution is 0.0237. The summed E-state index contributed by atoms with van der Waals surface area (Å²) in [7, 11) is 0. The van der Waals surface area contributed by atoms with Gasteiger partial charge in [0.15, 0.2) is 0 Å². The summed E-state index contributed by atoms with van der Waals surface area (Å²) in [5.74, 6) is 0. The SMILES string of the molecule is CC(C#N)NCC1(C)CCOCC1. The summed E-state index contributed by atoms with van der Waals surface area (Å²) in [5.41, 5.74) is 0.323. The molecule has 0 spiro atoms. The van der Waals surface area contributed by atoms with Crippen molar-refractivity contribution in [3.63, 3.8) is 0 Å². The maximum absolute atomic E-state index is 8.61. The van der Waals surface area contributed by atoms with E-state index in [4.69, 9.17) is 10.00 Å². The maximum atomic E-state index is 8.61. The molecule has 0 aromatic carbocycles. The molecule has 1 unspecified atom stereocenters. The normalized spacial score (nSPS) is 23.5. The van der Waals surface area contributed by atoms with Gasteiger partial charge in [-0.05, 0) is 25.2 Å². The van der Waals surface area contributed by atoms with Crippen LogP contribution in [-0.2, 0) is 4.74 Å². The van der Waals surface area contributed by atoms with Crippen molar-refractivity contribution >= 4 is 0 Å². The van der Waals surface area contributed by atoms with Gasteiger partial charge in [-0.1, -0.05) is 6.92 Å². The quantitative estimate of drug-likeness (QED) is 0.715. The van der Waals surface area contributed by atoms with Crippen LogP contribution in [-0.4, -0.2) is 25.8 Å². The molecule has 13 heavy (non-hydrogen) atoms. The Morgan fingerprint density at radius 1 is 1.54 bits per heavy atom. The molecule has 1 rings (SSSR count). The number of rotatable bonds is 3. The molecule has 1 aliphatic heterocycles. The molecule has 0 amide bonds. The number of hydrogen-bond donors (Lipinski definition) is 1. The fourth-order valence-electron chi connectivity index (χ4n) is 1.49. The smallest absolute Gasteiger partial charge is 0.0924 e. The highest BCUT2D eigenvalue weighted by Crippen LogP contribution is 2.28. The molecule has 1 atom stereocenters. The summed E-state index contributed by atoms with van der Waals surface area (Å²) in [6.07, 6.45) is 2.19. The second-order valence-corrected chi connectivity index (χ2v) is 4.15. The van der Waals surface area contributed by atoms with E-state index in [-0.39, 0.29) is 6.04 Å². The summed E-state index contributed by atoms with van der Waals surface area (Å²) >= 11 is 0. The van der Waals surface area contributed by atoms with Crippen molar-refractivity contribution in [2.24, 2.45) is 5.41 Å². The maximum Gasteiger partial charge on any atom is 0.0924 e. The number of nitrogens with one attached hydrogen (secondary N) is 1. The minimum Gasteiger partial charge on any atom is -0.381 e. The Hall–Kier alpha value is -0.590. The zero-order valence-electron chi connectivity index (χ0n) is 8.47. The van der Waals surface area contributed by atoms with Gasteiger partial charge >= 0.3 is 0 Å². The molecular formula is C10H18N2O. The molecule has 1 fully saturated rings. The van der Waals surface area contributed by atoms with E-state index < -0.39 is 0 Å². The van der Waals surface area contributed by atoms with Gasteiger partial charge in [0, 0.05) is 19.8 Å². The first-order valence-electron chi connectivity index (χ1n) is 4.87. The summed E-state index contributed by atoms with van der Waals surface area (Å²) in [4.78, 5) is 0. The molecule has 1 heterocycles. The van der Waals surface area contributed by atoms with E-state index in [0.29, 0.717) is 5.41 Å². The fraction of sp³-hybridized carbons (Fsp3) is 0.900. The van der Waals surface area contributed by atoms with Crippen LogP contribution in [0.2, 0.25) is 0 Å². The van der Waals surface area contributed by atoms with Crippen molar-refractivity contribution in [1.82, 2.24) is 5.32 Å². The van der Waals surface area contributed by atoms with Gasteiger partial charge in [0.05, 0.1) is 12.1 Å². The lowest BCUT2D eigenvalue weighted by atomic mass is 9.82. The van der Waals surface area contributed by atoms with Crippen LogP contribution in [0.1, 0.15) is 26.7 Å². The van der Waals surface area contributed by atoms with Gasteiger partial charge in [-0.3, -0.25) is 0 Å². The molecular weight excluding hydrogens is 164 g/mol. The van der Waals surface area contributed by atoms with Crippen molar-refractivity contribution in [3.05, 3.63) is 0 Å². The average molecular weight is 182 g/mol. The van der Waals surface area contributed by atoms with E-state index in [1.54, 1.807) is 0 Å². The lowest BCUT2D eigenvalue weighted by Gasteiger charge is -2.34. The molecule has 0 saturated carbocycles. The van der Waals surface area contributed by atoms with Crippen LogP contribution in [0.5, 0.6) is 0 Å². The number of ether oxygens (including phenoxy) is 1. The highest BCUT2D eigenvalue weighted by atomic mass is 16.5. The minimum atomic E-state index is -0.0420. The van der Waals surface area contributed by atoms with E-state index in [9.17, 15) is 0 Å². The summed E-state index contributed by atoms with van der Waals surface area (Å²) in [5, 5.41) is 11.8. The number of hydrogen-bond acceptors (Lipinski definition) is 3. The molecule has 74 valence electrons. The van der Waals surface area contributed by atoms with Gasteiger partial charge in [0.2, 0.25) is 0 Å². The van der Waals surface area contributed by atoms with Crippen LogP contribution in [0.15, 0.2) is 0 Å². The van der Waals surface area contributed by atoms with Gasteiger partial charge in [0.25, 0.3) is 0 Å². The van der Waals surface area contributed by atoms with Gasteiger partial charge in [-0.15, -0.1) is 0 Å². The van der Waals surface area contributed by atoms with Crippen LogP contribution < -0.4 is 5.32 Å². The molecule has 1 saturated heterocycles. The molecule has 0 aromatic rings. The summed E-state index contributed by atoms with van der Waals surface area (Å²) in [6.45, 7) is 6.79. The standard InChI is InChI=1S/C10H18N2O/c1-9(7-11)12-8-10(2)3-5-13-6-4-10/h9,12H,3-6,8H2,1-2H3. The number of nitriles is 1. The molecule has 0 bridgehead atoms. The van der Waals surface area contributed by atoms with Crippen LogP contribution in [0.3, 0.4) is 0 Å². The number of nitrogens with zero attached hydrogens (tertiary/aromatic N) is 1. The molecule has 3 heteroatoms. The Kier molecular flexibility index (Phi) is 3.71. The molecule has 0 aromatic heterocycles.